The average molecular weight is 418 g/mol. The van der Waals surface area contributed by atoms with Crippen molar-refractivity contribution in [3.05, 3.63) is 131 Å². The van der Waals surface area contributed by atoms with Gasteiger partial charge in [-0.25, -0.2) is 0 Å². The highest BCUT2D eigenvalue weighted by Crippen LogP contribution is 2.41. The lowest BCUT2D eigenvalue weighted by molar-refractivity contribution is 0.385. The fraction of sp³-hybridized carbons (Fsp3) is 0.226. The largest absolute Gasteiger partial charge is 0.316 e. The minimum absolute atomic E-state index is 0.453. The molecular formula is C31H31N. The first-order valence-electron chi connectivity index (χ1n) is 11.9. The maximum Gasteiger partial charge on any atom is 0.0132 e. The lowest BCUT2D eigenvalue weighted by Crippen LogP contribution is -2.32. The van der Waals surface area contributed by atoms with E-state index in [1.165, 1.54) is 39.8 Å². The van der Waals surface area contributed by atoms with Crippen molar-refractivity contribution in [2.75, 3.05) is 13.1 Å². The first kappa shape index (κ1) is 20.7. The molecule has 0 radical (unpaired) electrons. The number of benzene rings is 4. The van der Waals surface area contributed by atoms with Crippen LogP contribution in [0, 0.1) is 5.92 Å². The maximum atomic E-state index is 3.77. The fourth-order valence-electron chi connectivity index (χ4n) is 5.19. The molecule has 1 heteroatoms. The third-order valence-corrected chi connectivity index (χ3v) is 6.84. The molecule has 1 N–H and O–H groups in total. The van der Waals surface area contributed by atoms with E-state index in [2.05, 4.69) is 115 Å². The van der Waals surface area contributed by atoms with Crippen molar-refractivity contribution in [2.45, 2.75) is 25.2 Å². The van der Waals surface area contributed by atoms with E-state index in [1.807, 2.05) is 0 Å². The Hall–Kier alpha value is -3.16. The van der Waals surface area contributed by atoms with Crippen molar-refractivity contribution in [2.24, 2.45) is 5.92 Å². The number of nitrogens with one attached hydrogen (secondary N) is 1. The molecule has 0 saturated carbocycles. The van der Waals surface area contributed by atoms with Gasteiger partial charge in [-0.15, -0.1) is 0 Å². The smallest absolute Gasteiger partial charge is 0.0132 e. The molecule has 0 bridgehead atoms. The molecular weight excluding hydrogens is 386 g/mol. The van der Waals surface area contributed by atoms with E-state index < -0.39 is 0 Å². The summed E-state index contributed by atoms with van der Waals surface area (Å²) >= 11 is 0. The molecule has 0 heterocycles. The highest BCUT2D eigenvalue weighted by atomic mass is 14.9. The van der Waals surface area contributed by atoms with Gasteiger partial charge in [-0.05, 0) is 71.7 Å². The predicted octanol–water partition coefficient (Wildman–Crippen LogP) is 6.88. The lowest BCUT2D eigenvalue weighted by atomic mass is 9.71. The van der Waals surface area contributed by atoms with Crippen LogP contribution in [0.15, 0.2) is 109 Å². The Morgan fingerprint density at radius 1 is 0.688 bits per heavy atom. The van der Waals surface area contributed by atoms with Crippen LogP contribution in [0.3, 0.4) is 0 Å². The van der Waals surface area contributed by atoms with Crippen LogP contribution in [0.5, 0.6) is 0 Å². The Balaban J connectivity index is 1.36. The Labute approximate surface area is 192 Å². The van der Waals surface area contributed by atoms with E-state index in [0.29, 0.717) is 11.8 Å². The number of rotatable bonds is 7. The molecule has 1 aliphatic carbocycles. The zero-order valence-electron chi connectivity index (χ0n) is 18.6. The van der Waals surface area contributed by atoms with Crippen LogP contribution in [-0.2, 0) is 12.8 Å². The summed E-state index contributed by atoms with van der Waals surface area (Å²) in [6.07, 6.45) is 3.47. The minimum atomic E-state index is 0.453. The van der Waals surface area contributed by atoms with Crippen LogP contribution < -0.4 is 5.32 Å². The van der Waals surface area contributed by atoms with Gasteiger partial charge in [0.15, 0.2) is 0 Å². The predicted molar refractivity (Wildman–Crippen MR) is 135 cm³/mol. The standard InChI is InChI=1S/C31H31N/c1-4-10-24(11-5-1)20-21-32-23-29-17-16-28-22-27(25-12-6-2-7-13-25)18-19-30(28)31(29)26-14-8-3-9-15-26/h1-15,18-19,22,29,31-32H,16-17,20-21,23H2. The molecule has 2 atom stereocenters. The molecule has 0 aliphatic heterocycles. The number of fused-ring (bicyclic) bond motifs is 1. The summed E-state index contributed by atoms with van der Waals surface area (Å²) < 4.78 is 0. The molecule has 160 valence electrons. The van der Waals surface area contributed by atoms with E-state index >= 15 is 0 Å². The molecule has 0 fully saturated rings. The Kier molecular flexibility index (Phi) is 6.46. The molecule has 4 aromatic carbocycles. The quantitative estimate of drug-likeness (QED) is 0.323. The zero-order valence-corrected chi connectivity index (χ0v) is 18.6. The molecule has 1 nitrogen and oxygen atoms in total. The second-order valence-electron chi connectivity index (χ2n) is 8.91. The van der Waals surface area contributed by atoms with Crippen molar-refractivity contribution in [1.29, 1.82) is 0 Å². The summed E-state index contributed by atoms with van der Waals surface area (Å²) in [4.78, 5) is 0. The van der Waals surface area contributed by atoms with Gasteiger partial charge >= 0.3 is 0 Å². The molecule has 4 aromatic rings. The van der Waals surface area contributed by atoms with E-state index in [0.717, 1.165) is 25.9 Å². The third kappa shape index (κ3) is 4.69. The fourth-order valence-corrected chi connectivity index (χ4v) is 5.19. The molecule has 0 aromatic heterocycles. The zero-order chi connectivity index (χ0) is 21.6. The molecule has 0 spiro atoms. The summed E-state index contributed by atoms with van der Waals surface area (Å²) in [6.45, 7) is 2.09. The lowest BCUT2D eigenvalue weighted by Gasteiger charge is -2.35. The van der Waals surface area contributed by atoms with Gasteiger partial charge in [0.1, 0.15) is 0 Å². The van der Waals surface area contributed by atoms with Crippen LogP contribution in [0.2, 0.25) is 0 Å². The molecule has 0 saturated heterocycles. The first-order valence-corrected chi connectivity index (χ1v) is 11.9. The molecule has 0 amide bonds. The topological polar surface area (TPSA) is 12.0 Å². The Morgan fingerprint density at radius 2 is 1.38 bits per heavy atom. The molecule has 1 aliphatic rings. The Bertz CT molecular complexity index is 1120. The van der Waals surface area contributed by atoms with Crippen LogP contribution in [-0.4, -0.2) is 13.1 Å². The van der Waals surface area contributed by atoms with Crippen LogP contribution in [0.25, 0.3) is 11.1 Å². The highest BCUT2D eigenvalue weighted by Gasteiger charge is 2.30. The number of hydrogen-bond acceptors (Lipinski definition) is 1. The summed E-state index contributed by atoms with van der Waals surface area (Å²) in [5.74, 6) is 1.07. The van der Waals surface area contributed by atoms with Gasteiger partial charge in [0.25, 0.3) is 0 Å². The monoisotopic (exact) mass is 417 g/mol. The SMILES string of the molecule is c1ccc(CCNCC2CCc3cc(-c4ccccc4)ccc3C2c2ccccc2)cc1. The molecule has 5 rings (SSSR count). The van der Waals surface area contributed by atoms with Crippen LogP contribution >= 0.6 is 0 Å². The van der Waals surface area contributed by atoms with Crippen molar-refractivity contribution in [1.82, 2.24) is 5.32 Å². The van der Waals surface area contributed by atoms with Crippen molar-refractivity contribution in [3.8, 4) is 11.1 Å². The van der Waals surface area contributed by atoms with Crippen molar-refractivity contribution in [3.63, 3.8) is 0 Å². The van der Waals surface area contributed by atoms with E-state index in [9.17, 15) is 0 Å². The molecule has 2 unspecified atom stereocenters. The van der Waals surface area contributed by atoms with E-state index in [-0.39, 0.29) is 0 Å². The van der Waals surface area contributed by atoms with Gasteiger partial charge in [-0.1, -0.05) is 109 Å². The normalized spacial score (nSPS) is 17.6. The second kappa shape index (κ2) is 9.97. The first-order chi connectivity index (χ1) is 15.9. The summed E-state index contributed by atoms with van der Waals surface area (Å²) in [5.41, 5.74) is 8.50. The number of aryl methyl sites for hydroxylation is 1. The van der Waals surface area contributed by atoms with E-state index in [4.69, 9.17) is 0 Å². The summed E-state index contributed by atoms with van der Waals surface area (Å²) in [7, 11) is 0. The summed E-state index contributed by atoms with van der Waals surface area (Å²) in [5, 5.41) is 3.77. The van der Waals surface area contributed by atoms with Gasteiger partial charge in [-0.2, -0.15) is 0 Å². The maximum absolute atomic E-state index is 3.77. The van der Waals surface area contributed by atoms with Gasteiger partial charge in [0, 0.05) is 5.92 Å². The van der Waals surface area contributed by atoms with Crippen molar-refractivity contribution >= 4 is 0 Å². The number of hydrogen-bond donors (Lipinski definition) is 1. The van der Waals surface area contributed by atoms with Gasteiger partial charge in [0.2, 0.25) is 0 Å². The Morgan fingerprint density at radius 3 is 2.12 bits per heavy atom. The second-order valence-corrected chi connectivity index (χ2v) is 8.91. The third-order valence-electron chi connectivity index (χ3n) is 6.84. The van der Waals surface area contributed by atoms with Gasteiger partial charge in [0.05, 0.1) is 0 Å². The molecule has 32 heavy (non-hydrogen) atoms. The summed E-state index contributed by atoms with van der Waals surface area (Å²) in [6, 6.07) is 39.8. The highest BCUT2D eigenvalue weighted by molar-refractivity contribution is 5.65. The van der Waals surface area contributed by atoms with E-state index in [1.54, 1.807) is 0 Å². The minimum Gasteiger partial charge on any atom is -0.316 e. The van der Waals surface area contributed by atoms with Crippen LogP contribution in [0.4, 0.5) is 0 Å². The van der Waals surface area contributed by atoms with Crippen molar-refractivity contribution < 1.29 is 0 Å². The average Bonchev–Trinajstić information content (AvgIpc) is 2.87. The van der Waals surface area contributed by atoms with Gasteiger partial charge in [-0.3, -0.25) is 0 Å². The van der Waals surface area contributed by atoms with Crippen LogP contribution in [0.1, 0.15) is 34.6 Å². The van der Waals surface area contributed by atoms with Gasteiger partial charge < -0.3 is 5.32 Å².